The summed E-state index contributed by atoms with van der Waals surface area (Å²) in [6.45, 7) is 4.97. The molecule has 2 atom stereocenters. The predicted molar refractivity (Wildman–Crippen MR) is 87.4 cm³/mol. The molecule has 21 heavy (non-hydrogen) atoms. The summed E-state index contributed by atoms with van der Waals surface area (Å²) < 4.78 is 0. The molecule has 0 radical (unpaired) electrons. The van der Waals surface area contributed by atoms with Gasteiger partial charge in [-0.15, -0.1) is 0 Å². The summed E-state index contributed by atoms with van der Waals surface area (Å²) in [6, 6.07) is 6.58. The monoisotopic (exact) mass is 306 g/mol. The van der Waals surface area contributed by atoms with Gasteiger partial charge in [0.1, 0.15) is 0 Å². The van der Waals surface area contributed by atoms with Crippen LogP contribution in [0.15, 0.2) is 18.2 Å². The van der Waals surface area contributed by atoms with Crippen molar-refractivity contribution in [1.82, 2.24) is 4.90 Å². The lowest BCUT2D eigenvalue weighted by atomic mass is 9.84. The molecule has 1 aromatic carbocycles. The van der Waals surface area contributed by atoms with E-state index in [1.54, 1.807) is 6.92 Å². The Balaban J connectivity index is 1.76. The Bertz CT molecular complexity index is 546. The van der Waals surface area contributed by atoms with Crippen LogP contribution in [0, 0.1) is 5.92 Å². The molecule has 0 bridgehead atoms. The lowest BCUT2D eigenvalue weighted by Gasteiger charge is -2.46. The first-order chi connectivity index (χ1) is 10.1. The third kappa shape index (κ3) is 2.95. The number of halogens is 1. The van der Waals surface area contributed by atoms with E-state index in [2.05, 4.69) is 16.8 Å². The Morgan fingerprint density at radius 2 is 2.10 bits per heavy atom. The van der Waals surface area contributed by atoms with Gasteiger partial charge in [0.25, 0.3) is 0 Å². The van der Waals surface area contributed by atoms with Crippen LogP contribution in [0.5, 0.6) is 0 Å². The van der Waals surface area contributed by atoms with Crippen molar-refractivity contribution < 1.29 is 4.79 Å². The number of likely N-dealkylation sites (tertiary alicyclic amines) is 1. The van der Waals surface area contributed by atoms with Crippen LogP contribution >= 0.6 is 11.6 Å². The summed E-state index contributed by atoms with van der Waals surface area (Å²) in [5.41, 5.74) is 1.77. The van der Waals surface area contributed by atoms with Gasteiger partial charge in [0, 0.05) is 30.4 Å². The second-order valence-corrected chi connectivity index (χ2v) is 6.81. The minimum absolute atomic E-state index is 0.0270. The Morgan fingerprint density at radius 1 is 1.29 bits per heavy atom. The Labute approximate surface area is 131 Å². The number of fused-ring (bicyclic) bond motifs is 1. The van der Waals surface area contributed by atoms with Crippen LogP contribution in [-0.4, -0.2) is 43.4 Å². The van der Waals surface area contributed by atoms with E-state index in [0.717, 1.165) is 30.7 Å². The van der Waals surface area contributed by atoms with Gasteiger partial charge in [0.15, 0.2) is 5.78 Å². The van der Waals surface area contributed by atoms with Crippen LogP contribution in [-0.2, 0) is 0 Å². The maximum absolute atomic E-state index is 11.5. The first kappa shape index (κ1) is 14.9. The van der Waals surface area contributed by atoms with Gasteiger partial charge in [0.05, 0.1) is 5.02 Å². The van der Waals surface area contributed by atoms with Crippen molar-refractivity contribution in [3.8, 4) is 0 Å². The van der Waals surface area contributed by atoms with Crippen molar-refractivity contribution in [2.75, 3.05) is 31.6 Å². The SMILES string of the molecule is CC(=O)c1ccc(N2CCC3C(CCCN3C)C2)cc1Cl. The van der Waals surface area contributed by atoms with Crippen molar-refractivity contribution >= 4 is 23.1 Å². The van der Waals surface area contributed by atoms with E-state index in [0.29, 0.717) is 10.6 Å². The number of hydrogen-bond donors (Lipinski definition) is 0. The van der Waals surface area contributed by atoms with Crippen LogP contribution in [0.4, 0.5) is 5.69 Å². The normalized spacial score (nSPS) is 26.5. The fourth-order valence-corrected chi connectivity index (χ4v) is 4.18. The van der Waals surface area contributed by atoms with Gasteiger partial charge in [-0.3, -0.25) is 4.79 Å². The molecule has 0 amide bonds. The van der Waals surface area contributed by atoms with Crippen LogP contribution in [0.1, 0.15) is 36.5 Å². The molecule has 2 unspecified atom stereocenters. The van der Waals surface area contributed by atoms with E-state index in [9.17, 15) is 4.79 Å². The van der Waals surface area contributed by atoms with Crippen LogP contribution < -0.4 is 4.90 Å². The zero-order valence-corrected chi connectivity index (χ0v) is 13.6. The first-order valence-electron chi connectivity index (χ1n) is 7.82. The van der Waals surface area contributed by atoms with E-state index < -0.39 is 0 Å². The highest BCUT2D eigenvalue weighted by Crippen LogP contribution is 2.33. The highest BCUT2D eigenvalue weighted by molar-refractivity contribution is 6.34. The van der Waals surface area contributed by atoms with Gasteiger partial charge < -0.3 is 9.80 Å². The second kappa shape index (κ2) is 5.98. The lowest BCUT2D eigenvalue weighted by molar-refractivity contribution is 0.101. The van der Waals surface area contributed by atoms with Crippen LogP contribution in [0.25, 0.3) is 0 Å². The van der Waals surface area contributed by atoms with Gasteiger partial charge in [0.2, 0.25) is 0 Å². The lowest BCUT2D eigenvalue weighted by Crippen LogP contribution is -2.52. The van der Waals surface area contributed by atoms with E-state index >= 15 is 0 Å². The molecule has 2 aliphatic heterocycles. The Kier molecular flexibility index (Phi) is 4.23. The third-order valence-electron chi connectivity index (χ3n) is 5.04. The van der Waals surface area contributed by atoms with Crippen molar-refractivity contribution in [2.24, 2.45) is 5.92 Å². The van der Waals surface area contributed by atoms with Crippen LogP contribution in [0.2, 0.25) is 5.02 Å². The molecule has 0 aromatic heterocycles. The summed E-state index contributed by atoms with van der Waals surface area (Å²) in [7, 11) is 2.25. The smallest absolute Gasteiger partial charge is 0.161 e. The predicted octanol–water partition coefficient (Wildman–Crippen LogP) is 3.46. The molecule has 2 fully saturated rings. The van der Waals surface area contributed by atoms with Gasteiger partial charge in [-0.1, -0.05) is 11.6 Å². The molecule has 2 saturated heterocycles. The molecule has 0 N–H and O–H groups in total. The molecule has 2 heterocycles. The molecule has 1 aromatic rings. The number of rotatable bonds is 2. The summed E-state index contributed by atoms with van der Waals surface area (Å²) in [6.07, 6.45) is 3.84. The molecule has 3 nitrogen and oxygen atoms in total. The molecule has 114 valence electrons. The van der Waals surface area contributed by atoms with Crippen molar-refractivity contribution in [3.05, 3.63) is 28.8 Å². The number of carbonyl (C=O) groups is 1. The molecule has 0 spiro atoms. The maximum Gasteiger partial charge on any atom is 0.161 e. The standard InChI is InChI=1S/C17H23ClN2O/c1-12(21)15-6-5-14(10-16(15)18)20-9-7-17-13(11-20)4-3-8-19(17)2/h5-6,10,13,17H,3-4,7-9,11H2,1-2H3. The van der Waals surface area contributed by atoms with Gasteiger partial charge in [-0.2, -0.15) is 0 Å². The molecule has 0 saturated carbocycles. The van der Waals surface area contributed by atoms with Gasteiger partial charge in [-0.05, 0) is 63.9 Å². The molecular formula is C17H23ClN2O. The number of carbonyl (C=O) groups excluding carboxylic acids is 1. The van der Waals surface area contributed by atoms with Crippen molar-refractivity contribution in [2.45, 2.75) is 32.2 Å². The van der Waals surface area contributed by atoms with E-state index in [1.165, 1.54) is 25.8 Å². The van der Waals surface area contributed by atoms with Crippen molar-refractivity contribution in [1.29, 1.82) is 0 Å². The fourth-order valence-electron chi connectivity index (χ4n) is 3.87. The quantitative estimate of drug-likeness (QED) is 0.782. The highest BCUT2D eigenvalue weighted by atomic mass is 35.5. The number of ketones is 1. The Morgan fingerprint density at radius 3 is 2.81 bits per heavy atom. The minimum Gasteiger partial charge on any atom is -0.371 e. The topological polar surface area (TPSA) is 23.6 Å². The second-order valence-electron chi connectivity index (χ2n) is 6.41. The number of anilines is 1. The fraction of sp³-hybridized carbons (Fsp3) is 0.588. The summed E-state index contributed by atoms with van der Waals surface area (Å²) in [4.78, 5) is 16.4. The molecular weight excluding hydrogens is 284 g/mol. The maximum atomic E-state index is 11.5. The zero-order valence-electron chi connectivity index (χ0n) is 12.8. The average molecular weight is 307 g/mol. The molecule has 0 aliphatic carbocycles. The van der Waals surface area contributed by atoms with Crippen LogP contribution in [0.3, 0.4) is 0 Å². The molecule has 3 rings (SSSR count). The first-order valence-corrected chi connectivity index (χ1v) is 8.19. The van der Waals surface area contributed by atoms with Crippen molar-refractivity contribution in [3.63, 3.8) is 0 Å². The minimum atomic E-state index is 0.0270. The third-order valence-corrected chi connectivity index (χ3v) is 5.36. The number of nitrogens with zero attached hydrogens (tertiary/aromatic N) is 2. The van der Waals surface area contributed by atoms with E-state index in [4.69, 9.17) is 11.6 Å². The highest BCUT2D eigenvalue weighted by Gasteiger charge is 2.34. The zero-order chi connectivity index (χ0) is 15.0. The number of hydrogen-bond acceptors (Lipinski definition) is 3. The molecule has 4 heteroatoms. The Hall–Kier alpha value is -1.06. The summed E-state index contributed by atoms with van der Waals surface area (Å²) >= 11 is 6.25. The number of benzene rings is 1. The molecule has 2 aliphatic rings. The van der Waals surface area contributed by atoms with E-state index in [1.807, 2.05) is 18.2 Å². The van der Waals surface area contributed by atoms with E-state index in [-0.39, 0.29) is 5.78 Å². The average Bonchev–Trinajstić information content (AvgIpc) is 2.46. The number of piperidine rings is 2. The summed E-state index contributed by atoms with van der Waals surface area (Å²) in [5, 5.41) is 0.572. The van der Waals surface area contributed by atoms with Gasteiger partial charge in [-0.25, -0.2) is 0 Å². The number of Topliss-reactive ketones (excluding diaryl/α,β-unsaturated/α-hetero) is 1. The largest absolute Gasteiger partial charge is 0.371 e. The van der Waals surface area contributed by atoms with Gasteiger partial charge >= 0.3 is 0 Å². The summed E-state index contributed by atoms with van der Waals surface area (Å²) in [5.74, 6) is 0.780.